The van der Waals surface area contributed by atoms with Crippen LogP contribution in [0.1, 0.15) is 11.1 Å². The summed E-state index contributed by atoms with van der Waals surface area (Å²) in [6, 6.07) is 14.2. The number of aromatic nitrogens is 1. The number of benzene rings is 2. The molecule has 0 radical (unpaired) electrons. The Kier molecular flexibility index (Phi) is 4.36. The minimum Gasteiger partial charge on any atom is -0.508 e. The van der Waals surface area contributed by atoms with Gasteiger partial charge in [-0.15, -0.1) is 0 Å². The molecule has 0 aliphatic rings. The van der Waals surface area contributed by atoms with Crippen molar-refractivity contribution in [3.8, 4) is 5.75 Å². The highest BCUT2D eigenvalue weighted by molar-refractivity contribution is 7.88. The van der Waals surface area contributed by atoms with E-state index in [4.69, 9.17) is 0 Å². The molecular weight excluding hydrogens is 312 g/mol. The van der Waals surface area contributed by atoms with E-state index in [0.29, 0.717) is 13.0 Å². The van der Waals surface area contributed by atoms with Crippen LogP contribution >= 0.6 is 0 Å². The van der Waals surface area contributed by atoms with Crippen molar-refractivity contribution >= 4 is 20.9 Å². The second-order valence-electron chi connectivity index (χ2n) is 5.43. The Labute approximate surface area is 135 Å². The number of fused-ring (bicyclic) bond motifs is 1. The number of sulfonamides is 1. The van der Waals surface area contributed by atoms with Crippen LogP contribution in [0.15, 0.2) is 54.7 Å². The number of phenolic OH excluding ortho intramolecular Hbond substituents is 1. The van der Waals surface area contributed by atoms with Gasteiger partial charge in [-0.25, -0.2) is 13.1 Å². The van der Waals surface area contributed by atoms with Crippen LogP contribution < -0.4 is 4.72 Å². The Morgan fingerprint density at radius 3 is 2.65 bits per heavy atom. The van der Waals surface area contributed by atoms with Gasteiger partial charge in [0.2, 0.25) is 10.0 Å². The van der Waals surface area contributed by atoms with E-state index in [1.807, 2.05) is 24.4 Å². The second kappa shape index (κ2) is 6.44. The zero-order chi connectivity index (χ0) is 16.3. The summed E-state index contributed by atoms with van der Waals surface area (Å²) in [7, 11) is -3.36. The lowest BCUT2D eigenvalue weighted by Crippen LogP contribution is -2.27. The molecule has 0 saturated heterocycles. The average molecular weight is 330 g/mol. The number of aromatic amines is 1. The lowest BCUT2D eigenvalue weighted by atomic mass is 10.1. The molecule has 3 aromatic rings. The maximum atomic E-state index is 12.1. The maximum absolute atomic E-state index is 12.1. The van der Waals surface area contributed by atoms with Gasteiger partial charge in [0, 0.05) is 23.6 Å². The lowest BCUT2D eigenvalue weighted by molar-refractivity contribution is 0.476. The van der Waals surface area contributed by atoms with Crippen molar-refractivity contribution in [1.29, 1.82) is 0 Å². The molecule has 6 heteroatoms. The van der Waals surface area contributed by atoms with Crippen LogP contribution in [-0.2, 0) is 22.2 Å². The number of nitrogens with one attached hydrogen (secondary N) is 2. The Balaban J connectivity index is 1.63. The summed E-state index contributed by atoms with van der Waals surface area (Å²) >= 11 is 0. The normalized spacial score (nSPS) is 11.8. The Morgan fingerprint density at radius 2 is 1.87 bits per heavy atom. The van der Waals surface area contributed by atoms with Crippen molar-refractivity contribution in [2.45, 2.75) is 12.2 Å². The van der Waals surface area contributed by atoms with Crippen molar-refractivity contribution in [3.05, 3.63) is 65.9 Å². The highest BCUT2D eigenvalue weighted by Crippen LogP contribution is 2.23. The van der Waals surface area contributed by atoms with Crippen molar-refractivity contribution in [2.24, 2.45) is 0 Å². The molecule has 0 saturated carbocycles. The SMILES string of the molecule is O=S(=O)(Cc1ccccc1)NCCc1c[nH]c2ccc(O)cc12. The van der Waals surface area contributed by atoms with Gasteiger partial charge in [0.25, 0.3) is 0 Å². The first-order valence-corrected chi connectivity index (χ1v) is 8.99. The van der Waals surface area contributed by atoms with E-state index in [-0.39, 0.29) is 11.5 Å². The van der Waals surface area contributed by atoms with Gasteiger partial charge in [-0.1, -0.05) is 30.3 Å². The molecule has 0 atom stereocenters. The minimum atomic E-state index is -3.36. The van der Waals surface area contributed by atoms with Crippen molar-refractivity contribution in [1.82, 2.24) is 9.71 Å². The summed E-state index contributed by atoms with van der Waals surface area (Å²) in [4.78, 5) is 3.11. The van der Waals surface area contributed by atoms with E-state index < -0.39 is 10.0 Å². The first-order chi connectivity index (χ1) is 11.0. The van der Waals surface area contributed by atoms with Gasteiger partial charge in [0.15, 0.2) is 0 Å². The third-order valence-electron chi connectivity index (χ3n) is 3.67. The molecule has 120 valence electrons. The molecule has 3 rings (SSSR count). The number of hydrogen-bond donors (Lipinski definition) is 3. The third kappa shape index (κ3) is 3.91. The van der Waals surface area contributed by atoms with E-state index >= 15 is 0 Å². The fourth-order valence-corrected chi connectivity index (χ4v) is 3.71. The van der Waals surface area contributed by atoms with E-state index in [0.717, 1.165) is 22.0 Å². The fraction of sp³-hybridized carbons (Fsp3) is 0.176. The summed E-state index contributed by atoms with van der Waals surface area (Å²) in [5, 5.41) is 10.5. The summed E-state index contributed by atoms with van der Waals surface area (Å²) in [6.45, 7) is 0.317. The van der Waals surface area contributed by atoms with E-state index in [9.17, 15) is 13.5 Å². The van der Waals surface area contributed by atoms with Gasteiger partial charge in [-0.3, -0.25) is 0 Å². The molecule has 23 heavy (non-hydrogen) atoms. The van der Waals surface area contributed by atoms with Gasteiger partial charge in [0.1, 0.15) is 5.75 Å². The van der Waals surface area contributed by atoms with Crippen LogP contribution in [0.2, 0.25) is 0 Å². The number of hydrogen-bond acceptors (Lipinski definition) is 3. The number of aromatic hydroxyl groups is 1. The molecule has 0 unspecified atom stereocenters. The fourth-order valence-electron chi connectivity index (χ4n) is 2.56. The van der Waals surface area contributed by atoms with Crippen LogP contribution in [0, 0.1) is 0 Å². The maximum Gasteiger partial charge on any atom is 0.215 e. The first kappa shape index (κ1) is 15.6. The lowest BCUT2D eigenvalue weighted by Gasteiger charge is -2.06. The van der Waals surface area contributed by atoms with E-state index in [2.05, 4.69) is 9.71 Å². The van der Waals surface area contributed by atoms with Crippen LogP contribution in [0.3, 0.4) is 0 Å². The zero-order valence-corrected chi connectivity index (χ0v) is 13.3. The molecule has 0 bridgehead atoms. The molecule has 0 spiro atoms. The Bertz CT molecular complexity index is 902. The van der Waals surface area contributed by atoms with Crippen LogP contribution in [0.5, 0.6) is 5.75 Å². The predicted molar refractivity (Wildman–Crippen MR) is 90.7 cm³/mol. The molecule has 1 heterocycles. The van der Waals surface area contributed by atoms with Gasteiger partial charge in [-0.05, 0) is 35.7 Å². The van der Waals surface area contributed by atoms with Crippen molar-refractivity contribution in [2.75, 3.05) is 6.54 Å². The molecule has 3 N–H and O–H groups in total. The molecule has 5 nitrogen and oxygen atoms in total. The van der Waals surface area contributed by atoms with Crippen LogP contribution in [0.4, 0.5) is 0 Å². The highest BCUT2D eigenvalue weighted by atomic mass is 32.2. The zero-order valence-electron chi connectivity index (χ0n) is 12.5. The van der Waals surface area contributed by atoms with E-state index in [1.54, 1.807) is 30.3 Å². The average Bonchev–Trinajstić information content (AvgIpc) is 2.90. The third-order valence-corrected chi connectivity index (χ3v) is 5.02. The predicted octanol–water partition coefficient (Wildman–Crippen LogP) is 2.54. The molecule has 0 aliphatic heterocycles. The molecule has 2 aromatic carbocycles. The van der Waals surface area contributed by atoms with Crippen molar-refractivity contribution < 1.29 is 13.5 Å². The standard InChI is InChI=1S/C17H18N2O3S/c20-15-6-7-17-16(10-15)14(11-18-17)8-9-19-23(21,22)12-13-4-2-1-3-5-13/h1-7,10-11,18-20H,8-9,12H2. The first-order valence-electron chi connectivity index (χ1n) is 7.34. The molecular formula is C17H18N2O3S. The molecule has 0 fully saturated rings. The van der Waals surface area contributed by atoms with Gasteiger partial charge in [0.05, 0.1) is 5.75 Å². The Morgan fingerprint density at radius 1 is 1.09 bits per heavy atom. The largest absolute Gasteiger partial charge is 0.508 e. The number of phenols is 1. The van der Waals surface area contributed by atoms with E-state index in [1.165, 1.54) is 0 Å². The highest BCUT2D eigenvalue weighted by Gasteiger charge is 2.11. The number of H-pyrrole nitrogens is 1. The van der Waals surface area contributed by atoms with Crippen LogP contribution in [-0.4, -0.2) is 25.1 Å². The Hall–Kier alpha value is -2.31. The quantitative estimate of drug-likeness (QED) is 0.649. The number of rotatable bonds is 6. The molecule has 0 aliphatic carbocycles. The second-order valence-corrected chi connectivity index (χ2v) is 7.24. The minimum absolute atomic E-state index is 0.0253. The summed E-state index contributed by atoms with van der Waals surface area (Å²) in [5.74, 6) is 0.172. The molecule has 0 amide bonds. The van der Waals surface area contributed by atoms with Gasteiger partial charge < -0.3 is 10.1 Å². The topological polar surface area (TPSA) is 82.2 Å². The van der Waals surface area contributed by atoms with Crippen molar-refractivity contribution in [3.63, 3.8) is 0 Å². The van der Waals surface area contributed by atoms with Crippen LogP contribution in [0.25, 0.3) is 10.9 Å². The smallest absolute Gasteiger partial charge is 0.215 e. The summed E-state index contributed by atoms with van der Waals surface area (Å²) in [5.41, 5.74) is 2.65. The molecule has 1 aromatic heterocycles. The summed E-state index contributed by atoms with van der Waals surface area (Å²) < 4.78 is 26.8. The summed E-state index contributed by atoms with van der Waals surface area (Å²) in [6.07, 6.45) is 2.40. The monoisotopic (exact) mass is 330 g/mol. The van der Waals surface area contributed by atoms with Gasteiger partial charge >= 0.3 is 0 Å². The van der Waals surface area contributed by atoms with Gasteiger partial charge in [-0.2, -0.15) is 0 Å².